The third-order valence-corrected chi connectivity index (χ3v) is 5.16. The number of hydrogen-bond donors (Lipinski definition) is 2. The normalized spacial score (nSPS) is 25.9. The number of nitrogens with one attached hydrogen (secondary N) is 1. The summed E-state index contributed by atoms with van der Waals surface area (Å²) < 4.78 is 5.48. The first-order valence-corrected chi connectivity index (χ1v) is 9.22. The van der Waals surface area contributed by atoms with Gasteiger partial charge in [-0.2, -0.15) is 0 Å². The van der Waals surface area contributed by atoms with Gasteiger partial charge in [0.1, 0.15) is 0 Å². The van der Waals surface area contributed by atoms with Gasteiger partial charge in [-0.1, -0.05) is 43.3 Å². The maximum Gasteiger partial charge on any atom is 0.0594 e. The molecule has 0 spiro atoms. The summed E-state index contributed by atoms with van der Waals surface area (Å²) in [5, 5.41) is 13.2. The van der Waals surface area contributed by atoms with Crippen LogP contribution in [0, 0.1) is 5.92 Å². The fourth-order valence-corrected chi connectivity index (χ4v) is 3.57. The smallest absolute Gasteiger partial charge is 0.0594 e. The Kier molecular flexibility index (Phi) is 6.44. The Hall–Kier alpha value is -1.20. The molecule has 24 heavy (non-hydrogen) atoms. The van der Waals surface area contributed by atoms with Gasteiger partial charge in [0, 0.05) is 44.2 Å². The Morgan fingerprint density at radius 3 is 2.58 bits per heavy atom. The van der Waals surface area contributed by atoms with Crippen LogP contribution < -0.4 is 5.32 Å². The average molecular weight is 330 g/mol. The summed E-state index contributed by atoms with van der Waals surface area (Å²) in [5.74, 6) is 0.300. The third kappa shape index (κ3) is 4.67. The van der Waals surface area contributed by atoms with Crippen molar-refractivity contribution < 1.29 is 9.84 Å². The van der Waals surface area contributed by atoms with Gasteiger partial charge in [-0.25, -0.2) is 0 Å². The average Bonchev–Trinajstić information content (AvgIpc) is 3.10. The molecule has 3 atom stereocenters. The van der Waals surface area contributed by atoms with Crippen LogP contribution in [-0.4, -0.2) is 55.5 Å². The molecule has 132 valence electrons. The molecule has 1 unspecified atom stereocenters. The van der Waals surface area contributed by atoms with E-state index in [1.54, 1.807) is 0 Å². The highest BCUT2D eigenvalue weighted by molar-refractivity contribution is 5.26. The molecule has 0 radical (unpaired) electrons. The van der Waals surface area contributed by atoms with Crippen molar-refractivity contribution in [1.29, 1.82) is 0 Å². The second kappa shape index (κ2) is 8.77. The number of nitrogens with zero attached hydrogens (tertiary/aromatic N) is 1. The second-order valence-corrected chi connectivity index (χ2v) is 6.90. The molecule has 1 fully saturated rings. The molecular weight excluding hydrogens is 300 g/mol. The van der Waals surface area contributed by atoms with Crippen molar-refractivity contribution in [2.45, 2.75) is 31.8 Å². The molecule has 1 aliphatic carbocycles. The van der Waals surface area contributed by atoms with E-state index in [1.807, 2.05) is 0 Å². The van der Waals surface area contributed by atoms with E-state index in [-0.39, 0.29) is 6.61 Å². The molecule has 0 aromatic heterocycles. The standard InChI is InChI=1S/C20H30N2O2/c1-2-16-3-6-18(7-4-16)20(14-22-9-11-24-12-10-22)21-19-8-5-17(13-19)15-23/h3-8,17,19-21,23H,2,9-15H2,1H3/t17-,19+,20?/m0/s1. The summed E-state index contributed by atoms with van der Waals surface area (Å²) in [5.41, 5.74) is 2.73. The van der Waals surface area contributed by atoms with E-state index >= 15 is 0 Å². The summed E-state index contributed by atoms with van der Waals surface area (Å²) >= 11 is 0. The molecule has 0 bridgehead atoms. The van der Waals surface area contributed by atoms with Gasteiger partial charge in [-0.3, -0.25) is 4.90 Å². The Morgan fingerprint density at radius 1 is 1.21 bits per heavy atom. The molecule has 1 aliphatic heterocycles. The lowest BCUT2D eigenvalue weighted by Gasteiger charge is -2.32. The van der Waals surface area contributed by atoms with Gasteiger partial charge in [0.2, 0.25) is 0 Å². The Balaban J connectivity index is 1.68. The van der Waals surface area contributed by atoms with Crippen LogP contribution in [0.1, 0.15) is 30.5 Å². The van der Waals surface area contributed by atoms with Gasteiger partial charge in [0.25, 0.3) is 0 Å². The minimum absolute atomic E-state index is 0.244. The molecule has 0 saturated carbocycles. The van der Waals surface area contributed by atoms with Crippen LogP contribution in [0.5, 0.6) is 0 Å². The van der Waals surface area contributed by atoms with E-state index in [0.29, 0.717) is 18.0 Å². The van der Waals surface area contributed by atoms with Crippen LogP contribution in [0.3, 0.4) is 0 Å². The largest absolute Gasteiger partial charge is 0.396 e. The third-order valence-electron chi connectivity index (χ3n) is 5.16. The maximum absolute atomic E-state index is 9.35. The lowest BCUT2D eigenvalue weighted by atomic mass is 10.0. The Labute approximate surface area is 145 Å². The van der Waals surface area contributed by atoms with Crippen molar-refractivity contribution in [3.05, 3.63) is 47.5 Å². The number of aliphatic hydroxyl groups is 1. The van der Waals surface area contributed by atoms with Gasteiger partial charge >= 0.3 is 0 Å². The first-order valence-electron chi connectivity index (χ1n) is 9.22. The Morgan fingerprint density at radius 2 is 1.96 bits per heavy atom. The molecule has 1 saturated heterocycles. The Bertz CT molecular complexity index is 523. The molecule has 4 nitrogen and oxygen atoms in total. The van der Waals surface area contributed by atoms with Gasteiger partial charge in [0.15, 0.2) is 0 Å². The summed E-state index contributed by atoms with van der Waals surface area (Å²) in [6.07, 6.45) is 6.42. The zero-order valence-corrected chi connectivity index (χ0v) is 14.7. The zero-order valence-electron chi connectivity index (χ0n) is 14.7. The maximum atomic E-state index is 9.35. The molecule has 4 heteroatoms. The highest BCUT2D eigenvalue weighted by Gasteiger charge is 2.24. The highest BCUT2D eigenvalue weighted by atomic mass is 16.5. The van der Waals surface area contributed by atoms with E-state index < -0.39 is 0 Å². The van der Waals surface area contributed by atoms with E-state index in [1.165, 1.54) is 11.1 Å². The second-order valence-electron chi connectivity index (χ2n) is 6.90. The van der Waals surface area contributed by atoms with Crippen LogP contribution in [-0.2, 0) is 11.2 Å². The number of hydrogen-bond acceptors (Lipinski definition) is 4. The molecule has 1 aromatic rings. The van der Waals surface area contributed by atoms with Crippen LogP contribution >= 0.6 is 0 Å². The van der Waals surface area contributed by atoms with Crippen molar-refractivity contribution >= 4 is 0 Å². The number of benzene rings is 1. The summed E-state index contributed by atoms with van der Waals surface area (Å²) in [6, 6.07) is 9.66. The lowest BCUT2D eigenvalue weighted by Crippen LogP contribution is -2.43. The van der Waals surface area contributed by atoms with Crippen LogP contribution in [0.25, 0.3) is 0 Å². The quantitative estimate of drug-likeness (QED) is 0.752. The van der Waals surface area contributed by atoms with E-state index in [0.717, 1.165) is 45.7 Å². The van der Waals surface area contributed by atoms with Gasteiger partial charge in [-0.05, 0) is 24.0 Å². The topological polar surface area (TPSA) is 44.7 Å². The molecule has 1 aromatic carbocycles. The molecular formula is C20H30N2O2. The van der Waals surface area contributed by atoms with E-state index in [9.17, 15) is 5.11 Å². The SMILES string of the molecule is CCc1ccc(C(CN2CCOCC2)N[C@@H]2C=C[C@H](CO)C2)cc1. The first kappa shape index (κ1) is 17.6. The molecule has 1 heterocycles. The summed E-state index contributed by atoms with van der Waals surface area (Å²) in [4.78, 5) is 2.48. The number of ether oxygens (including phenoxy) is 1. The summed E-state index contributed by atoms with van der Waals surface area (Å²) in [7, 11) is 0. The lowest BCUT2D eigenvalue weighted by molar-refractivity contribution is 0.0330. The van der Waals surface area contributed by atoms with E-state index in [4.69, 9.17) is 4.74 Å². The van der Waals surface area contributed by atoms with Crippen LogP contribution in [0.4, 0.5) is 0 Å². The molecule has 3 rings (SSSR count). The van der Waals surface area contributed by atoms with Crippen LogP contribution in [0.2, 0.25) is 0 Å². The molecule has 2 N–H and O–H groups in total. The predicted molar refractivity (Wildman–Crippen MR) is 97.1 cm³/mol. The van der Waals surface area contributed by atoms with Gasteiger partial charge < -0.3 is 15.2 Å². The minimum atomic E-state index is 0.244. The number of aliphatic hydroxyl groups excluding tert-OH is 1. The predicted octanol–water partition coefficient (Wildman–Crippen LogP) is 2.15. The van der Waals surface area contributed by atoms with Crippen molar-refractivity contribution in [3.63, 3.8) is 0 Å². The van der Waals surface area contributed by atoms with Crippen molar-refractivity contribution in [1.82, 2.24) is 10.2 Å². The monoisotopic (exact) mass is 330 g/mol. The zero-order chi connectivity index (χ0) is 16.8. The van der Waals surface area contributed by atoms with Crippen molar-refractivity contribution in [2.24, 2.45) is 5.92 Å². The highest BCUT2D eigenvalue weighted by Crippen LogP contribution is 2.23. The summed E-state index contributed by atoms with van der Waals surface area (Å²) in [6.45, 7) is 7.11. The first-order chi connectivity index (χ1) is 11.8. The molecule has 2 aliphatic rings. The van der Waals surface area contributed by atoms with Crippen molar-refractivity contribution in [2.75, 3.05) is 39.5 Å². The number of aryl methyl sites for hydroxylation is 1. The van der Waals surface area contributed by atoms with Gasteiger partial charge in [0.05, 0.1) is 13.2 Å². The fourth-order valence-electron chi connectivity index (χ4n) is 3.57. The minimum Gasteiger partial charge on any atom is -0.396 e. The molecule has 0 amide bonds. The van der Waals surface area contributed by atoms with Crippen LogP contribution in [0.15, 0.2) is 36.4 Å². The number of rotatable bonds is 7. The number of morpholine rings is 1. The van der Waals surface area contributed by atoms with Crippen molar-refractivity contribution in [3.8, 4) is 0 Å². The fraction of sp³-hybridized carbons (Fsp3) is 0.600. The van der Waals surface area contributed by atoms with E-state index in [2.05, 4.69) is 53.6 Å². The van der Waals surface area contributed by atoms with Gasteiger partial charge in [-0.15, -0.1) is 0 Å².